The Labute approximate surface area is 155 Å². The van der Waals surface area contributed by atoms with E-state index in [9.17, 15) is 19.5 Å². The quantitative estimate of drug-likeness (QED) is 0.785. The van der Waals surface area contributed by atoms with E-state index in [1.165, 1.54) is 4.90 Å². The summed E-state index contributed by atoms with van der Waals surface area (Å²) < 4.78 is 0. The van der Waals surface area contributed by atoms with Crippen molar-refractivity contribution in [1.82, 2.24) is 9.88 Å². The van der Waals surface area contributed by atoms with Gasteiger partial charge in [-0.05, 0) is 32.4 Å². The Morgan fingerprint density at radius 2 is 1.96 bits per heavy atom. The van der Waals surface area contributed by atoms with E-state index in [2.05, 4.69) is 10.3 Å². The zero-order valence-corrected chi connectivity index (χ0v) is 15.6. The molecule has 138 valence electrons. The van der Waals surface area contributed by atoms with E-state index in [0.29, 0.717) is 16.4 Å². The number of aliphatic carboxylic acids is 1. The summed E-state index contributed by atoms with van der Waals surface area (Å²) >= 11 is 1.12. The fourth-order valence-electron chi connectivity index (χ4n) is 2.36. The first-order valence-corrected chi connectivity index (χ1v) is 8.96. The van der Waals surface area contributed by atoms with E-state index in [-0.39, 0.29) is 24.9 Å². The zero-order chi connectivity index (χ0) is 19.3. The fraction of sp³-hybridized carbons (Fsp3) is 0.333. The molecule has 0 fully saturated rings. The molecule has 0 radical (unpaired) electrons. The topological polar surface area (TPSA) is 102 Å². The van der Waals surface area contributed by atoms with Crippen molar-refractivity contribution in [2.45, 2.75) is 33.2 Å². The highest BCUT2D eigenvalue weighted by Gasteiger charge is 2.23. The molecule has 0 saturated heterocycles. The van der Waals surface area contributed by atoms with Crippen LogP contribution in [0.5, 0.6) is 0 Å². The molecule has 0 unspecified atom stereocenters. The van der Waals surface area contributed by atoms with Crippen LogP contribution < -0.4 is 10.4 Å². The SMILES string of the molecule is Cc1ccccc1C(=O)N(CC(=O)Nc1nc(CC(=O)[O-])cs1)C(C)C. The Balaban J connectivity index is 2.06. The first-order chi connectivity index (χ1) is 12.3. The summed E-state index contributed by atoms with van der Waals surface area (Å²) in [6, 6.07) is 7.05. The maximum Gasteiger partial charge on any atom is 0.254 e. The summed E-state index contributed by atoms with van der Waals surface area (Å²) in [4.78, 5) is 41.2. The number of carbonyl (C=O) groups is 3. The smallest absolute Gasteiger partial charge is 0.254 e. The summed E-state index contributed by atoms with van der Waals surface area (Å²) in [5.74, 6) is -1.84. The number of aryl methyl sites for hydroxylation is 1. The fourth-order valence-corrected chi connectivity index (χ4v) is 3.09. The van der Waals surface area contributed by atoms with Crippen molar-refractivity contribution in [2.24, 2.45) is 0 Å². The number of carboxylic acids is 1. The predicted octanol–water partition coefficient (Wildman–Crippen LogP) is 1.23. The molecule has 1 heterocycles. The lowest BCUT2D eigenvalue weighted by atomic mass is 10.1. The van der Waals surface area contributed by atoms with Gasteiger partial charge in [0.25, 0.3) is 5.91 Å². The van der Waals surface area contributed by atoms with Crippen LogP contribution in [0.3, 0.4) is 0 Å². The predicted molar refractivity (Wildman–Crippen MR) is 96.8 cm³/mol. The van der Waals surface area contributed by atoms with Gasteiger partial charge in [-0.1, -0.05) is 18.2 Å². The molecule has 1 N–H and O–H groups in total. The number of carboxylic acid groups (broad SMARTS) is 1. The number of anilines is 1. The van der Waals surface area contributed by atoms with Crippen molar-refractivity contribution < 1.29 is 19.5 Å². The first-order valence-electron chi connectivity index (χ1n) is 8.08. The van der Waals surface area contributed by atoms with Gasteiger partial charge in [-0.25, -0.2) is 4.98 Å². The second-order valence-corrected chi connectivity index (χ2v) is 6.94. The Morgan fingerprint density at radius 3 is 2.58 bits per heavy atom. The maximum atomic E-state index is 12.8. The Bertz CT molecular complexity index is 816. The van der Waals surface area contributed by atoms with Crippen molar-refractivity contribution in [3.05, 3.63) is 46.5 Å². The van der Waals surface area contributed by atoms with Crippen molar-refractivity contribution >= 4 is 34.3 Å². The van der Waals surface area contributed by atoms with Crippen molar-refractivity contribution in [1.29, 1.82) is 0 Å². The van der Waals surface area contributed by atoms with Gasteiger partial charge in [0.05, 0.1) is 5.69 Å². The van der Waals surface area contributed by atoms with Crippen LogP contribution in [0.25, 0.3) is 0 Å². The van der Waals surface area contributed by atoms with E-state index >= 15 is 0 Å². The first kappa shape index (κ1) is 19.6. The number of hydrogen-bond acceptors (Lipinski definition) is 6. The number of hydrogen-bond donors (Lipinski definition) is 1. The molecule has 2 aromatic rings. The molecule has 2 amide bonds. The molecule has 8 heteroatoms. The van der Waals surface area contributed by atoms with E-state index < -0.39 is 11.9 Å². The van der Waals surface area contributed by atoms with Crippen molar-refractivity contribution in [2.75, 3.05) is 11.9 Å². The minimum Gasteiger partial charge on any atom is -0.550 e. The van der Waals surface area contributed by atoms with Gasteiger partial charge in [0, 0.05) is 29.4 Å². The van der Waals surface area contributed by atoms with Crippen LogP contribution in [-0.4, -0.2) is 40.3 Å². The lowest BCUT2D eigenvalue weighted by Gasteiger charge is -2.26. The summed E-state index contributed by atoms with van der Waals surface area (Å²) in [5, 5.41) is 15.0. The van der Waals surface area contributed by atoms with E-state index in [4.69, 9.17) is 0 Å². The number of nitrogens with one attached hydrogen (secondary N) is 1. The molecule has 0 spiro atoms. The molecule has 7 nitrogen and oxygen atoms in total. The lowest BCUT2D eigenvalue weighted by molar-refractivity contribution is -0.304. The highest BCUT2D eigenvalue weighted by atomic mass is 32.1. The minimum atomic E-state index is -1.23. The summed E-state index contributed by atoms with van der Waals surface area (Å²) in [6.45, 7) is 5.40. The van der Waals surface area contributed by atoms with Gasteiger partial charge in [-0.2, -0.15) is 0 Å². The number of benzene rings is 1. The molecule has 1 aromatic carbocycles. The number of rotatable bonds is 7. The molecule has 0 atom stereocenters. The molecule has 0 bridgehead atoms. The maximum absolute atomic E-state index is 12.8. The van der Waals surface area contributed by atoms with Crippen LogP contribution in [0.15, 0.2) is 29.6 Å². The van der Waals surface area contributed by atoms with Gasteiger partial charge in [0.1, 0.15) is 6.54 Å². The second kappa shape index (κ2) is 8.57. The van der Waals surface area contributed by atoms with Crippen LogP contribution in [0.2, 0.25) is 0 Å². The minimum absolute atomic E-state index is 0.125. The van der Waals surface area contributed by atoms with Crippen molar-refractivity contribution in [3.8, 4) is 0 Å². The normalized spacial score (nSPS) is 10.6. The van der Waals surface area contributed by atoms with Gasteiger partial charge in [0.2, 0.25) is 5.91 Å². The van der Waals surface area contributed by atoms with Gasteiger partial charge >= 0.3 is 0 Å². The highest BCUT2D eigenvalue weighted by Crippen LogP contribution is 2.17. The average molecular weight is 374 g/mol. The van der Waals surface area contributed by atoms with Gasteiger partial charge < -0.3 is 20.1 Å². The van der Waals surface area contributed by atoms with Crippen molar-refractivity contribution in [3.63, 3.8) is 0 Å². The van der Waals surface area contributed by atoms with E-state index in [0.717, 1.165) is 16.9 Å². The Kier molecular flexibility index (Phi) is 6.46. The number of thiazole rings is 1. The van der Waals surface area contributed by atoms with Gasteiger partial charge in [-0.3, -0.25) is 9.59 Å². The zero-order valence-electron chi connectivity index (χ0n) is 14.8. The van der Waals surface area contributed by atoms with Crippen LogP contribution >= 0.6 is 11.3 Å². The molecule has 0 aliphatic heterocycles. The number of carbonyl (C=O) groups excluding carboxylic acids is 3. The Hall–Kier alpha value is -2.74. The summed E-state index contributed by atoms with van der Waals surface area (Å²) in [5.41, 5.74) is 1.72. The third kappa shape index (κ3) is 5.13. The highest BCUT2D eigenvalue weighted by molar-refractivity contribution is 7.13. The van der Waals surface area contributed by atoms with Gasteiger partial charge in [0.15, 0.2) is 5.13 Å². The van der Waals surface area contributed by atoms with E-state index in [1.807, 2.05) is 32.9 Å². The molecule has 26 heavy (non-hydrogen) atoms. The largest absolute Gasteiger partial charge is 0.550 e. The number of amides is 2. The van der Waals surface area contributed by atoms with Crippen LogP contribution in [0.4, 0.5) is 5.13 Å². The lowest BCUT2D eigenvalue weighted by Crippen LogP contribution is -2.42. The molecular weight excluding hydrogens is 354 g/mol. The number of nitrogens with zero attached hydrogens (tertiary/aromatic N) is 2. The summed E-state index contributed by atoms with van der Waals surface area (Å²) in [7, 11) is 0. The molecule has 2 rings (SSSR count). The van der Waals surface area contributed by atoms with Crippen LogP contribution in [0, 0.1) is 6.92 Å². The standard InChI is InChI=1S/C18H21N3O4S/c1-11(2)21(17(25)14-7-5-4-6-12(14)3)9-15(22)20-18-19-13(10-26-18)8-16(23)24/h4-7,10-11H,8-9H2,1-3H3,(H,23,24)(H,19,20,22)/p-1. The Morgan fingerprint density at radius 1 is 1.27 bits per heavy atom. The second-order valence-electron chi connectivity index (χ2n) is 6.08. The number of aromatic nitrogens is 1. The van der Waals surface area contributed by atoms with Crippen LogP contribution in [0.1, 0.15) is 35.5 Å². The van der Waals surface area contributed by atoms with Crippen LogP contribution in [-0.2, 0) is 16.0 Å². The molecule has 1 aromatic heterocycles. The molecular formula is C18H20N3O4S-. The molecule has 0 aliphatic carbocycles. The van der Waals surface area contributed by atoms with E-state index in [1.54, 1.807) is 17.5 Å². The summed E-state index contributed by atoms with van der Waals surface area (Å²) in [6.07, 6.45) is -0.309. The molecule has 0 saturated carbocycles. The average Bonchev–Trinajstić information content (AvgIpc) is 2.98. The molecule has 0 aliphatic rings. The third-order valence-electron chi connectivity index (χ3n) is 3.70. The monoisotopic (exact) mass is 374 g/mol. The third-order valence-corrected chi connectivity index (χ3v) is 4.50. The van der Waals surface area contributed by atoms with Gasteiger partial charge in [-0.15, -0.1) is 11.3 Å².